The summed E-state index contributed by atoms with van der Waals surface area (Å²) < 4.78 is 0. The molecule has 2 aliphatic rings. The van der Waals surface area contributed by atoms with Gasteiger partial charge >= 0.3 is 0 Å². The van der Waals surface area contributed by atoms with Crippen molar-refractivity contribution in [2.24, 2.45) is 0 Å². The summed E-state index contributed by atoms with van der Waals surface area (Å²) in [5.41, 5.74) is 1.40. The van der Waals surface area contributed by atoms with E-state index in [1.54, 1.807) is 0 Å². The normalized spacial score (nSPS) is 27.3. The van der Waals surface area contributed by atoms with Gasteiger partial charge in [-0.2, -0.15) is 0 Å². The fourth-order valence-electron chi connectivity index (χ4n) is 1.71. The molecule has 0 heterocycles. The Labute approximate surface area is 73.9 Å². The van der Waals surface area contributed by atoms with Crippen LogP contribution in [0.5, 0.6) is 0 Å². The van der Waals surface area contributed by atoms with Crippen LogP contribution in [-0.2, 0) is 0 Å². The van der Waals surface area contributed by atoms with Crippen molar-refractivity contribution in [1.29, 1.82) is 0 Å². The van der Waals surface area contributed by atoms with Crippen molar-refractivity contribution in [2.75, 3.05) is 0 Å². The van der Waals surface area contributed by atoms with Gasteiger partial charge in [0.1, 0.15) is 0 Å². The third-order valence-corrected chi connectivity index (χ3v) is 2.40. The quantitative estimate of drug-likeness (QED) is 0.614. The van der Waals surface area contributed by atoms with Crippen LogP contribution in [0.2, 0.25) is 0 Å². The van der Waals surface area contributed by atoms with Crippen LogP contribution < -0.4 is 5.32 Å². The van der Waals surface area contributed by atoms with Crippen LogP contribution in [-0.4, -0.2) is 6.04 Å². The second-order valence-electron chi connectivity index (χ2n) is 3.42. The molecule has 0 aliphatic heterocycles. The highest BCUT2D eigenvalue weighted by Gasteiger charge is 2.09. The van der Waals surface area contributed by atoms with Crippen molar-refractivity contribution in [3.05, 3.63) is 36.1 Å². The van der Waals surface area contributed by atoms with Gasteiger partial charge in [0.2, 0.25) is 0 Å². The van der Waals surface area contributed by atoms with Crippen LogP contribution >= 0.6 is 0 Å². The molecule has 1 heteroatoms. The number of hydrogen-bond donors (Lipinski definition) is 1. The summed E-state index contributed by atoms with van der Waals surface area (Å²) in [6.07, 6.45) is 16.0. The van der Waals surface area contributed by atoms with Gasteiger partial charge in [0.25, 0.3) is 0 Å². The molecular formula is C11H15N. The standard InChI is InChI=1S/C11H15N/c1-2-6-10(7-3-1)12-11-8-4-5-9-11/h1-2,4,6,8,11-12H,3,5,7,9H2. The Bertz CT molecular complexity index is 235. The van der Waals surface area contributed by atoms with Crippen molar-refractivity contribution in [2.45, 2.75) is 31.7 Å². The molecule has 0 aromatic carbocycles. The van der Waals surface area contributed by atoms with Gasteiger partial charge in [-0.05, 0) is 31.8 Å². The lowest BCUT2D eigenvalue weighted by molar-refractivity contribution is 0.629. The van der Waals surface area contributed by atoms with Crippen molar-refractivity contribution in [3.8, 4) is 0 Å². The van der Waals surface area contributed by atoms with Crippen molar-refractivity contribution in [3.63, 3.8) is 0 Å². The van der Waals surface area contributed by atoms with Gasteiger partial charge in [-0.1, -0.05) is 24.3 Å². The molecule has 0 radical (unpaired) electrons. The van der Waals surface area contributed by atoms with Gasteiger partial charge in [-0.15, -0.1) is 0 Å². The van der Waals surface area contributed by atoms with Gasteiger partial charge in [0.05, 0.1) is 0 Å². The van der Waals surface area contributed by atoms with Gasteiger partial charge in [0.15, 0.2) is 0 Å². The highest BCUT2D eigenvalue weighted by molar-refractivity contribution is 5.18. The van der Waals surface area contributed by atoms with E-state index in [0.29, 0.717) is 6.04 Å². The van der Waals surface area contributed by atoms with Crippen LogP contribution in [0.25, 0.3) is 0 Å². The maximum Gasteiger partial charge on any atom is 0.0444 e. The van der Waals surface area contributed by atoms with E-state index in [-0.39, 0.29) is 0 Å². The van der Waals surface area contributed by atoms with Crippen molar-refractivity contribution < 1.29 is 0 Å². The molecule has 2 aliphatic carbocycles. The molecule has 2 rings (SSSR count). The fourth-order valence-corrected chi connectivity index (χ4v) is 1.71. The predicted molar refractivity (Wildman–Crippen MR) is 51.8 cm³/mol. The Hall–Kier alpha value is -0.980. The third kappa shape index (κ3) is 1.79. The molecule has 0 aromatic heterocycles. The Morgan fingerprint density at radius 1 is 1.25 bits per heavy atom. The van der Waals surface area contributed by atoms with Crippen molar-refractivity contribution in [1.82, 2.24) is 5.32 Å². The zero-order chi connectivity index (χ0) is 8.23. The summed E-state index contributed by atoms with van der Waals surface area (Å²) in [6, 6.07) is 0.600. The zero-order valence-electron chi connectivity index (χ0n) is 7.29. The summed E-state index contributed by atoms with van der Waals surface area (Å²) >= 11 is 0. The lowest BCUT2D eigenvalue weighted by Gasteiger charge is -2.16. The van der Waals surface area contributed by atoms with E-state index in [2.05, 4.69) is 35.7 Å². The molecule has 1 atom stereocenters. The summed E-state index contributed by atoms with van der Waals surface area (Å²) in [6.45, 7) is 0. The Morgan fingerprint density at radius 3 is 2.92 bits per heavy atom. The van der Waals surface area contributed by atoms with Gasteiger partial charge < -0.3 is 5.32 Å². The molecular weight excluding hydrogens is 146 g/mol. The topological polar surface area (TPSA) is 12.0 Å². The molecule has 0 amide bonds. The first-order valence-electron chi connectivity index (χ1n) is 4.74. The van der Waals surface area contributed by atoms with E-state index < -0.39 is 0 Å². The van der Waals surface area contributed by atoms with Gasteiger partial charge in [-0.3, -0.25) is 0 Å². The molecule has 0 saturated heterocycles. The summed E-state index contributed by atoms with van der Waals surface area (Å²) in [4.78, 5) is 0. The second kappa shape index (κ2) is 3.61. The van der Waals surface area contributed by atoms with E-state index >= 15 is 0 Å². The van der Waals surface area contributed by atoms with Gasteiger partial charge in [0, 0.05) is 11.7 Å². The molecule has 64 valence electrons. The average Bonchev–Trinajstić information content (AvgIpc) is 2.59. The Morgan fingerprint density at radius 2 is 2.25 bits per heavy atom. The largest absolute Gasteiger partial charge is 0.382 e. The third-order valence-electron chi connectivity index (χ3n) is 2.40. The smallest absolute Gasteiger partial charge is 0.0444 e. The molecule has 0 aromatic rings. The van der Waals surface area contributed by atoms with E-state index in [0.717, 1.165) is 0 Å². The maximum atomic E-state index is 3.54. The molecule has 12 heavy (non-hydrogen) atoms. The Kier molecular flexibility index (Phi) is 2.31. The SMILES string of the molecule is C1=CCCC(NC2C=CCC2)=C1. The first kappa shape index (κ1) is 7.66. The maximum absolute atomic E-state index is 3.54. The van der Waals surface area contributed by atoms with Crippen LogP contribution in [0.4, 0.5) is 0 Å². The number of allylic oxidation sites excluding steroid dienone is 5. The highest BCUT2D eigenvalue weighted by Crippen LogP contribution is 2.14. The number of nitrogens with one attached hydrogen (secondary N) is 1. The minimum atomic E-state index is 0.600. The van der Waals surface area contributed by atoms with Crippen molar-refractivity contribution >= 4 is 0 Å². The summed E-state index contributed by atoms with van der Waals surface area (Å²) in [5, 5.41) is 3.54. The summed E-state index contributed by atoms with van der Waals surface area (Å²) in [7, 11) is 0. The lowest BCUT2D eigenvalue weighted by atomic mass is 10.1. The molecule has 0 bridgehead atoms. The second-order valence-corrected chi connectivity index (χ2v) is 3.42. The molecule has 1 nitrogen and oxygen atoms in total. The fraction of sp³-hybridized carbons (Fsp3) is 0.455. The molecule has 0 spiro atoms. The van der Waals surface area contributed by atoms with Crippen LogP contribution in [0, 0.1) is 0 Å². The van der Waals surface area contributed by atoms with Gasteiger partial charge in [-0.25, -0.2) is 0 Å². The lowest BCUT2D eigenvalue weighted by Crippen LogP contribution is -2.24. The average molecular weight is 161 g/mol. The minimum Gasteiger partial charge on any atom is -0.382 e. The molecule has 0 saturated carbocycles. The number of rotatable bonds is 2. The van der Waals surface area contributed by atoms with E-state index in [9.17, 15) is 0 Å². The molecule has 0 fully saturated rings. The number of hydrogen-bond acceptors (Lipinski definition) is 1. The van der Waals surface area contributed by atoms with Crippen LogP contribution in [0.15, 0.2) is 36.1 Å². The first-order valence-corrected chi connectivity index (χ1v) is 4.74. The predicted octanol–water partition coefficient (Wildman–Crippen LogP) is 2.53. The minimum absolute atomic E-state index is 0.600. The molecule has 1 N–H and O–H groups in total. The van der Waals surface area contributed by atoms with Crippen LogP contribution in [0.3, 0.4) is 0 Å². The zero-order valence-corrected chi connectivity index (χ0v) is 7.29. The monoisotopic (exact) mass is 161 g/mol. The highest BCUT2D eigenvalue weighted by atomic mass is 14.9. The van der Waals surface area contributed by atoms with Crippen LogP contribution in [0.1, 0.15) is 25.7 Å². The first-order chi connectivity index (χ1) is 5.95. The van der Waals surface area contributed by atoms with E-state index in [1.807, 2.05) is 0 Å². The Balaban J connectivity index is 1.89. The summed E-state index contributed by atoms with van der Waals surface area (Å²) in [5.74, 6) is 0. The molecule has 1 unspecified atom stereocenters. The van der Waals surface area contributed by atoms with E-state index in [4.69, 9.17) is 0 Å². The van der Waals surface area contributed by atoms with E-state index in [1.165, 1.54) is 31.4 Å².